The van der Waals surface area contributed by atoms with Gasteiger partial charge in [0.2, 0.25) is 5.43 Å². The Morgan fingerprint density at radius 3 is 2.72 bits per heavy atom. The van der Waals surface area contributed by atoms with Gasteiger partial charge in [-0.1, -0.05) is 12.1 Å². The molecule has 0 radical (unpaired) electrons. The molecular formula is C23H20FIO4. The molecule has 0 N–H and O–H groups in total. The molecule has 0 aliphatic heterocycles. The lowest BCUT2D eigenvalue weighted by atomic mass is 10.1. The van der Waals surface area contributed by atoms with Crippen LogP contribution < -0.4 is 14.9 Å². The summed E-state index contributed by atoms with van der Waals surface area (Å²) < 4.78 is 31.5. The molecule has 29 heavy (non-hydrogen) atoms. The Morgan fingerprint density at radius 1 is 1.17 bits per heavy atom. The van der Waals surface area contributed by atoms with Gasteiger partial charge in [0.1, 0.15) is 20.7 Å². The van der Waals surface area contributed by atoms with E-state index >= 15 is 0 Å². The molecule has 1 fully saturated rings. The highest BCUT2D eigenvalue weighted by atomic mass is 127. The van der Waals surface area contributed by atoms with Crippen molar-refractivity contribution in [1.29, 1.82) is 0 Å². The number of benzene rings is 2. The second kappa shape index (κ2) is 8.57. The van der Waals surface area contributed by atoms with Crippen LogP contribution in [0.25, 0.3) is 23.1 Å². The van der Waals surface area contributed by atoms with E-state index in [1.165, 1.54) is 31.0 Å². The van der Waals surface area contributed by atoms with Crippen molar-refractivity contribution in [1.82, 2.24) is 0 Å². The van der Waals surface area contributed by atoms with Crippen LogP contribution in [0.5, 0.6) is 11.5 Å². The van der Waals surface area contributed by atoms with Crippen molar-refractivity contribution < 1.29 is 18.3 Å². The molecular weight excluding hydrogens is 486 g/mol. The highest BCUT2D eigenvalue weighted by molar-refractivity contribution is 14.1. The van der Waals surface area contributed by atoms with Crippen LogP contribution >= 0.6 is 22.6 Å². The number of rotatable bonds is 5. The van der Waals surface area contributed by atoms with Crippen LogP contribution in [0.3, 0.4) is 0 Å². The maximum Gasteiger partial charge on any atom is 0.206 e. The Balaban J connectivity index is 1.74. The number of methoxy groups -OCH3 is 1. The average molecular weight is 506 g/mol. The van der Waals surface area contributed by atoms with Crippen LogP contribution in [0.15, 0.2) is 45.6 Å². The van der Waals surface area contributed by atoms with Gasteiger partial charge in [0, 0.05) is 11.6 Å². The van der Waals surface area contributed by atoms with Gasteiger partial charge in [0.05, 0.1) is 18.6 Å². The van der Waals surface area contributed by atoms with Crippen molar-refractivity contribution >= 4 is 45.7 Å². The molecule has 0 spiro atoms. The van der Waals surface area contributed by atoms with Gasteiger partial charge < -0.3 is 13.9 Å². The van der Waals surface area contributed by atoms with Gasteiger partial charge in [0.25, 0.3) is 0 Å². The van der Waals surface area contributed by atoms with Crippen LogP contribution in [0.1, 0.15) is 37.0 Å². The lowest BCUT2D eigenvalue weighted by Crippen LogP contribution is -2.12. The summed E-state index contributed by atoms with van der Waals surface area (Å²) in [7, 11) is 1.62. The summed E-state index contributed by atoms with van der Waals surface area (Å²) in [4.78, 5) is 12.6. The van der Waals surface area contributed by atoms with E-state index in [-0.39, 0.29) is 17.1 Å². The first-order chi connectivity index (χ1) is 14.1. The number of para-hydroxylation sites is 1. The fourth-order valence-corrected chi connectivity index (χ4v) is 4.14. The van der Waals surface area contributed by atoms with Crippen LogP contribution in [0, 0.1) is 9.39 Å². The van der Waals surface area contributed by atoms with E-state index in [1.807, 2.05) is 46.9 Å². The average Bonchev–Trinajstić information content (AvgIpc) is 3.23. The van der Waals surface area contributed by atoms with E-state index in [0.29, 0.717) is 26.2 Å². The summed E-state index contributed by atoms with van der Waals surface area (Å²) in [5.41, 5.74) is 0.872. The molecule has 1 heterocycles. The van der Waals surface area contributed by atoms with Crippen LogP contribution in [0.2, 0.25) is 0 Å². The topological polar surface area (TPSA) is 48.7 Å². The minimum atomic E-state index is -0.447. The number of hydrogen-bond acceptors (Lipinski definition) is 4. The molecule has 1 aliphatic rings. The zero-order valence-electron chi connectivity index (χ0n) is 15.9. The summed E-state index contributed by atoms with van der Waals surface area (Å²) in [5.74, 6) is 1.28. The molecule has 0 amide bonds. The predicted octanol–water partition coefficient (Wildman–Crippen LogP) is 6.04. The first-order valence-corrected chi connectivity index (χ1v) is 10.6. The smallest absolute Gasteiger partial charge is 0.206 e. The third kappa shape index (κ3) is 4.17. The minimum Gasteiger partial charge on any atom is -0.493 e. The molecule has 6 heteroatoms. The van der Waals surface area contributed by atoms with Gasteiger partial charge in [-0.25, -0.2) is 4.39 Å². The normalized spacial score (nSPS) is 14.7. The SMILES string of the molecule is COc1cccc(C=Cc2oc3cc(F)ccc3c(=O)c2I)c1OC1CCCC1. The van der Waals surface area contributed by atoms with E-state index in [1.54, 1.807) is 13.2 Å². The van der Waals surface area contributed by atoms with Gasteiger partial charge in [-0.15, -0.1) is 0 Å². The van der Waals surface area contributed by atoms with Gasteiger partial charge in [-0.05, 0) is 78.6 Å². The highest BCUT2D eigenvalue weighted by Gasteiger charge is 2.20. The van der Waals surface area contributed by atoms with E-state index in [0.717, 1.165) is 18.4 Å². The highest BCUT2D eigenvalue weighted by Crippen LogP contribution is 2.36. The quantitative estimate of drug-likeness (QED) is 0.396. The Morgan fingerprint density at radius 2 is 1.97 bits per heavy atom. The first kappa shape index (κ1) is 19.9. The Bertz CT molecular complexity index is 1130. The summed E-state index contributed by atoms with van der Waals surface area (Å²) in [6.07, 6.45) is 8.13. The van der Waals surface area contributed by atoms with Crippen molar-refractivity contribution in [3.63, 3.8) is 0 Å². The molecule has 1 aromatic heterocycles. The van der Waals surface area contributed by atoms with Gasteiger partial charge in [0.15, 0.2) is 11.5 Å². The molecule has 1 saturated carbocycles. The standard InChI is InChI=1S/C23H20FIO4/c1-27-19-8-4-5-14(23(19)28-16-6-2-3-7-16)9-12-18-21(25)22(26)17-11-10-15(24)13-20(17)29-18/h4-5,8-13,16H,2-3,6-7H2,1H3. The lowest BCUT2D eigenvalue weighted by Gasteiger charge is -2.18. The maximum atomic E-state index is 13.6. The molecule has 4 rings (SSSR count). The molecule has 0 saturated heterocycles. The van der Waals surface area contributed by atoms with Crippen molar-refractivity contribution in [2.24, 2.45) is 0 Å². The van der Waals surface area contributed by atoms with Crippen LogP contribution in [-0.4, -0.2) is 13.2 Å². The molecule has 4 nitrogen and oxygen atoms in total. The molecule has 0 unspecified atom stereocenters. The lowest BCUT2D eigenvalue weighted by molar-refractivity contribution is 0.200. The van der Waals surface area contributed by atoms with E-state index < -0.39 is 5.82 Å². The van der Waals surface area contributed by atoms with E-state index in [4.69, 9.17) is 13.9 Å². The minimum absolute atomic E-state index is 0.181. The third-order valence-electron chi connectivity index (χ3n) is 5.05. The fourth-order valence-electron chi connectivity index (χ4n) is 3.56. The molecule has 1 aliphatic carbocycles. The van der Waals surface area contributed by atoms with Crippen molar-refractivity contribution in [3.8, 4) is 11.5 Å². The van der Waals surface area contributed by atoms with Gasteiger partial charge >= 0.3 is 0 Å². The van der Waals surface area contributed by atoms with E-state index in [9.17, 15) is 9.18 Å². The van der Waals surface area contributed by atoms with Crippen molar-refractivity contribution in [3.05, 3.63) is 67.3 Å². The van der Waals surface area contributed by atoms with Crippen molar-refractivity contribution in [2.75, 3.05) is 7.11 Å². The van der Waals surface area contributed by atoms with Gasteiger partial charge in [-0.2, -0.15) is 0 Å². The maximum absolute atomic E-state index is 13.6. The second-order valence-corrected chi connectivity index (χ2v) is 8.06. The zero-order valence-corrected chi connectivity index (χ0v) is 18.1. The van der Waals surface area contributed by atoms with Crippen molar-refractivity contribution in [2.45, 2.75) is 31.8 Å². The summed E-state index contributed by atoms with van der Waals surface area (Å²) in [5, 5.41) is 0.361. The largest absolute Gasteiger partial charge is 0.493 e. The molecule has 150 valence electrons. The summed E-state index contributed by atoms with van der Waals surface area (Å²) in [6.45, 7) is 0. The van der Waals surface area contributed by atoms with Gasteiger partial charge in [-0.3, -0.25) is 4.79 Å². The number of ether oxygens (including phenoxy) is 2. The Hall–Kier alpha value is -2.35. The first-order valence-electron chi connectivity index (χ1n) is 9.50. The number of fused-ring (bicyclic) bond motifs is 1. The molecule has 3 aromatic rings. The summed E-state index contributed by atoms with van der Waals surface area (Å²) >= 11 is 1.96. The molecule has 0 atom stereocenters. The van der Waals surface area contributed by atoms with Crippen LogP contribution in [0.4, 0.5) is 4.39 Å². The Kier molecular flexibility index (Phi) is 5.89. The molecule has 2 aromatic carbocycles. The Labute approximate surface area is 181 Å². The number of hydrogen-bond donors (Lipinski definition) is 0. The molecule has 0 bridgehead atoms. The predicted molar refractivity (Wildman–Crippen MR) is 120 cm³/mol. The fraction of sp³-hybridized carbons (Fsp3) is 0.261. The monoisotopic (exact) mass is 506 g/mol. The zero-order chi connectivity index (χ0) is 20.4. The summed E-state index contributed by atoms with van der Waals surface area (Å²) in [6, 6.07) is 9.61. The van der Waals surface area contributed by atoms with Crippen LogP contribution in [-0.2, 0) is 0 Å². The second-order valence-electron chi connectivity index (χ2n) is 6.99. The number of halogens is 2. The van der Waals surface area contributed by atoms with E-state index in [2.05, 4.69) is 0 Å². The third-order valence-corrected chi connectivity index (χ3v) is 6.08.